The van der Waals surface area contributed by atoms with Gasteiger partial charge >= 0.3 is 0 Å². The lowest BCUT2D eigenvalue weighted by molar-refractivity contribution is -0.124. The lowest BCUT2D eigenvalue weighted by atomic mass is 10.1. The second kappa shape index (κ2) is 3.53. The Morgan fingerprint density at radius 3 is 3.00 bits per heavy atom. The number of nitrogens with two attached hydrogens (primary N) is 1. The van der Waals surface area contributed by atoms with Crippen molar-refractivity contribution >= 4 is 5.91 Å². The minimum absolute atomic E-state index is 0.265. The molecule has 0 unspecified atom stereocenters. The standard InChI is InChI=1S/C11H14N2O2/c1-8-5-11(8,10(12)14)7-15-9-3-2-4-13-6-9/h2-4,6,8H,5,7H2,1H3,(H2,12,14)/t8-,11-/m1/s1. The summed E-state index contributed by atoms with van der Waals surface area (Å²) in [5.74, 6) is 0.739. The number of hydrogen-bond donors (Lipinski definition) is 1. The van der Waals surface area contributed by atoms with Crippen molar-refractivity contribution in [2.45, 2.75) is 13.3 Å². The van der Waals surface area contributed by atoms with E-state index < -0.39 is 5.41 Å². The zero-order chi connectivity index (χ0) is 10.9. The molecule has 0 aromatic carbocycles. The Kier molecular flexibility index (Phi) is 2.34. The number of aromatic nitrogens is 1. The molecule has 2 atom stereocenters. The quantitative estimate of drug-likeness (QED) is 0.798. The summed E-state index contributed by atoms with van der Waals surface area (Å²) in [7, 11) is 0. The lowest BCUT2D eigenvalue weighted by Gasteiger charge is -2.13. The lowest BCUT2D eigenvalue weighted by Crippen LogP contribution is -2.31. The first-order valence-corrected chi connectivity index (χ1v) is 4.98. The Hall–Kier alpha value is -1.58. The molecule has 4 nitrogen and oxygen atoms in total. The molecule has 2 N–H and O–H groups in total. The van der Waals surface area contributed by atoms with Gasteiger partial charge < -0.3 is 10.5 Å². The van der Waals surface area contributed by atoms with E-state index >= 15 is 0 Å². The fourth-order valence-electron chi connectivity index (χ4n) is 1.75. The highest BCUT2D eigenvalue weighted by Crippen LogP contribution is 2.52. The molecule has 1 fully saturated rings. The molecule has 1 aromatic rings. The average Bonchev–Trinajstić information content (AvgIpc) is 2.90. The third-order valence-corrected chi connectivity index (χ3v) is 3.08. The van der Waals surface area contributed by atoms with Crippen molar-refractivity contribution in [1.82, 2.24) is 4.98 Å². The zero-order valence-corrected chi connectivity index (χ0v) is 8.64. The third-order valence-electron chi connectivity index (χ3n) is 3.08. The van der Waals surface area contributed by atoms with Crippen LogP contribution in [0.25, 0.3) is 0 Å². The molecule has 1 aromatic heterocycles. The zero-order valence-electron chi connectivity index (χ0n) is 8.64. The molecule has 1 aliphatic carbocycles. The fraction of sp³-hybridized carbons (Fsp3) is 0.455. The number of carbonyl (C=O) groups is 1. The van der Waals surface area contributed by atoms with Crippen LogP contribution in [0.3, 0.4) is 0 Å². The predicted octanol–water partition coefficient (Wildman–Crippen LogP) is 0.972. The molecular weight excluding hydrogens is 192 g/mol. The first-order chi connectivity index (χ1) is 7.15. The molecule has 15 heavy (non-hydrogen) atoms. The van der Waals surface area contributed by atoms with E-state index in [0.717, 1.165) is 6.42 Å². The second-order valence-electron chi connectivity index (χ2n) is 4.10. The van der Waals surface area contributed by atoms with Crippen LogP contribution in [-0.4, -0.2) is 17.5 Å². The van der Waals surface area contributed by atoms with Gasteiger partial charge in [-0.15, -0.1) is 0 Å². The molecule has 2 rings (SSSR count). The fourth-order valence-corrected chi connectivity index (χ4v) is 1.75. The topological polar surface area (TPSA) is 65.2 Å². The van der Waals surface area contributed by atoms with Crippen LogP contribution in [0.1, 0.15) is 13.3 Å². The third kappa shape index (κ3) is 1.79. The molecule has 1 amide bonds. The van der Waals surface area contributed by atoms with Gasteiger partial charge in [-0.05, 0) is 24.5 Å². The maximum atomic E-state index is 11.2. The summed E-state index contributed by atoms with van der Waals surface area (Å²) in [6.07, 6.45) is 4.13. The van der Waals surface area contributed by atoms with Gasteiger partial charge in [0.25, 0.3) is 0 Å². The average molecular weight is 206 g/mol. The molecule has 1 aliphatic rings. The van der Waals surface area contributed by atoms with Crippen molar-refractivity contribution in [3.8, 4) is 5.75 Å². The maximum Gasteiger partial charge on any atom is 0.227 e. The summed E-state index contributed by atoms with van der Waals surface area (Å²) >= 11 is 0. The highest BCUT2D eigenvalue weighted by molar-refractivity contribution is 5.84. The van der Waals surface area contributed by atoms with Gasteiger partial charge in [-0.1, -0.05) is 6.92 Å². The van der Waals surface area contributed by atoms with Crippen LogP contribution in [0.5, 0.6) is 5.75 Å². The smallest absolute Gasteiger partial charge is 0.227 e. The van der Waals surface area contributed by atoms with Gasteiger partial charge in [0.1, 0.15) is 12.4 Å². The van der Waals surface area contributed by atoms with Crippen LogP contribution < -0.4 is 10.5 Å². The highest BCUT2D eigenvalue weighted by Gasteiger charge is 2.57. The first-order valence-electron chi connectivity index (χ1n) is 4.98. The normalized spacial score (nSPS) is 28.5. The van der Waals surface area contributed by atoms with Crippen LogP contribution in [-0.2, 0) is 4.79 Å². The molecule has 0 bridgehead atoms. The van der Waals surface area contributed by atoms with E-state index in [9.17, 15) is 4.79 Å². The van der Waals surface area contributed by atoms with E-state index in [0.29, 0.717) is 18.3 Å². The molecule has 1 heterocycles. The second-order valence-corrected chi connectivity index (χ2v) is 4.10. The molecule has 0 saturated heterocycles. The summed E-state index contributed by atoms with van der Waals surface area (Å²) < 4.78 is 5.50. The van der Waals surface area contributed by atoms with Crippen molar-refractivity contribution in [3.63, 3.8) is 0 Å². The summed E-state index contributed by atoms with van der Waals surface area (Å²) in [5.41, 5.74) is 4.90. The van der Waals surface area contributed by atoms with Gasteiger partial charge in [0, 0.05) is 6.20 Å². The monoisotopic (exact) mass is 206 g/mol. The van der Waals surface area contributed by atoms with Crippen molar-refractivity contribution in [2.75, 3.05) is 6.61 Å². The van der Waals surface area contributed by atoms with Crippen molar-refractivity contribution in [3.05, 3.63) is 24.5 Å². The van der Waals surface area contributed by atoms with Gasteiger partial charge in [0.05, 0.1) is 11.6 Å². The highest BCUT2D eigenvalue weighted by atomic mass is 16.5. The maximum absolute atomic E-state index is 11.2. The van der Waals surface area contributed by atoms with E-state index in [-0.39, 0.29) is 5.91 Å². The van der Waals surface area contributed by atoms with Gasteiger partial charge in [0.2, 0.25) is 5.91 Å². The molecule has 1 saturated carbocycles. The molecule has 80 valence electrons. The number of rotatable bonds is 4. The Labute approximate surface area is 88.4 Å². The molecule has 0 spiro atoms. The number of amides is 1. The minimum atomic E-state index is -0.449. The molecule has 0 radical (unpaired) electrons. The Morgan fingerprint density at radius 2 is 2.53 bits per heavy atom. The SMILES string of the molecule is C[C@@H]1C[C@]1(COc1cccnc1)C(N)=O. The Bertz CT molecular complexity index is 366. The first kappa shape index (κ1) is 9.96. The van der Waals surface area contributed by atoms with E-state index in [1.165, 1.54) is 0 Å². The van der Waals surface area contributed by atoms with E-state index in [1.54, 1.807) is 18.5 Å². The van der Waals surface area contributed by atoms with E-state index in [4.69, 9.17) is 10.5 Å². The number of hydrogen-bond acceptors (Lipinski definition) is 3. The van der Waals surface area contributed by atoms with Crippen molar-refractivity contribution < 1.29 is 9.53 Å². The largest absolute Gasteiger partial charge is 0.491 e. The van der Waals surface area contributed by atoms with E-state index in [1.807, 2.05) is 13.0 Å². The number of primary amides is 1. The van der Waals surface area contributed by atoms with E-state index in [2.05, 4.69) is 4.98 Å². The summed E-state index contributed by atoms with van der Waals surface area (Å²) in [6.45, 7) is 2.37. The van der Waals surface area contributed by atoms with Gasteiger partial charge in [-0.3, -0.25) is 9.78 Å². The molecular formula is C11H14N2O2. The molecule has 4 heteroatoms. The number of ether oxygens (including phenoxy) is 1. The Balaban J connectivity index is 1.97. The Morgan fingerprint density at radius 1 is 1.80 bits per heavy atom. The summed E-state index contributed by atoms with van der Waals surface area (Å²) in [4.78, 5) is 15.2. The minimum Gasteiger partial charge on any atom is -0.491 e. The summed E-state index contributed by atoms with van der Waals surface area (Å²) in [6, 6.07) is 3.61. The number of nitrogens with zero attached hydrogens (tertiary/aromatic N) is 1. The predicted molar refractivity (Wildman–Crippen MR) is 55.1 cm³/mol. The van der Waals surface area contributed by atoms with Gasteiger partial charge in [-0.25, -0.2) is 0 Å². The van der Waals surface area contributed by atoms with Gasteiger partial charge in [0.15, 0.2) is 0 Å². The van der Waals surface area contributed by atoms with Crippen molar-refractivity contribution in [1.29, 1.82) is 0 Å². The van der Waals surface area contributed by atoms with Crippen LogP contribution in [0, 0.1) is 11.3 Å². The number of pyridine rings is 1. The van der Waals surface area contributed by atoms with Crippen LogP contribution >= 0.6 is 0 Å². The van der Waals surface area contributed by atoms with Crippen LogP contribution in [0.4, 0.5) is 0 Å². The summed E-state index contributed by atoms with van der Waals surface area (Å²) in [5, 5.41) is 0. The van der Waals surface area contributed by atoms with Gasteiger partial charge in [-0.2, -0.15) is 0 Å². The molecule has 0 aliphatic heterocycles. The van der Waals surface area contributed by atoms with Crippen molar-refractivity contribution in [2.24, 2.45) is 17.1 Å². The van der Waals surface area contributed by atoms with Crippen LogP contribution in [0.2, 0.25) is 0 Å². The van der Waals surface area contributed by atoms with Crippen LogP contribution in [0.15, 0.2) is 24.5 Å². The number of carbonyl (C=O) groups excluding carboxylic acids is 1.